The first-order chi connectivity index (χ1) is 4.90. The van der Waals surface area contributed by atoms with Gasteiger partial charge >= 0.3 is 11.9 Å². The molecule has 0 radical (unpaired) electrons. The molecule has 0 aliphatic heterocycles. The lowest BCUT2D eigenvalue weighted by molar-refractivity contribution is -0.166. The third kappa shape index (κ3) is 2.99. The summed E-state index contributed by atoms with van der Waals surface area (Å²) < 4.78 is 4.16. The van der Waals surface area contributed by atoms with Gasteiger partial charge in [-0.05, 0) is 6.92 Å². The lowest BCUT2D eigenvalue weighted by Gasteiger charge is -2.16. The van der Waals surface area contributed by atoms with Crippen molar-refractivity contribution in [3.8, 4) is 0 Å². The van der Waals surface area contributed by atoms with Crippen molar-refractivity contribution in [1.82, 2.24) is 0 Å². The Balaban J connectivity index is 4.21. The van der Waals surface area contributed by atoms with Crippen LogP contribution in [-0.4, -0.2) is 34.9 Å². The van der Waals surface area contributed by atoms with Crippen LogP contribution in [0.15, 0.2) is 0 Å². The van der Waals surface area contributed by atoms with Crippen LogP contribution in [0, 0.1) is 0 Å². The number of carboxylic acids is 1. The molecule has 5 nitrogen and oxygen atoms in total. The molecule has 0 aliphatic rings. The number of carbonyl (C=O) groups excluding carboxylic acids is 1. The number of ether oxygens (including phenoxy) is 1. The first-order valence-corrected chi connectivity index (χ1v) is 2.92. The zero-order valence-electron chi connectivity index (χ0n) is 6.33. The highest BCUT2D eigenvalue weighted by Crippen LogP contribution is 2.10. The van der Waals surface area contributed by atoms with E-state index < -0.39 is 24.0 Å². The first kappa shape index (κ1) is 9.90. The molecule has 0 aromatic heterocycles. The fraction of sp³-hybridized carbons (Fsp3) is 0.667. The maximum atomic E-state index is 10.6. The van der Waals surface area contributed by atoms with Gasteiger partial charge in [0.15, 0.2) is 5.60 Å². The van der Waals surface area contributed by atoms with Crippen molar-refractivity contribution in [3.05, 3.63) is 0 Å². The van der Waals surface area contributed by atoms with Crippen molar-refractivity contribution in [3.63, 3.8) is 0 Å². The average molecular weight is 162 g/mol. The monoisotopic (exact) mass is 162 g/mol. The predicted molar refractivity (Wildman–Crippen MR) is 34.9 cm³/mol. The van der Waals surface area contributed by atoms with Crippen LogP contribution in [0.5, 0.6) is 0 Å². The van der Waals surface area contributed by atoms with Gasteiger partial charge < -0.3 is 14.9 Å². The van der Waals surface area contributed by atoms with Gasteiger partial charge in [0.1, 0.15) is 0 Å². The molecule has 0 saturated heterocycles. The van der Waals surface area contributed by atoms with Crippen molar-refractivity contribution in [2.75, 3.05) is 7.11 Å². The van der Waals surface area contributed by atoms with E-state index in [0.717, 1.165) is 14.0 Å². The number of rotatable bonds is 3. The second-order valence-corrected chi connectivity index (χ2v) is 2.34. The van der Waals surface area contributed by atoms with Crippen molar-refractivity contribution in [1.29, 1.82) is 0 Å². The molecule has 11 heavy (non-hydrogen) atoms. The maximum absolute atomic E-state index is 10.6. The van der Waals surface area contributed by atoms with Gasteiger partial charge in [0.05, 0.1) is 13.5 Å². The molecule has 0 bridgehead atoms. The van der Waals surface area contributed by atoms with Crippen LogP contribution in [0.2, 0.25) is 0 Å². The Kier molecular flexibility index (Phi) is 3.00. The maximum Gasteiger partial charge on any atom is 0.338 e. The van der Waals surface area contributed by atoms with Crippen molar-refractivity contribution >= 4 is 11.9 Å². The second-order valence-electron chi connectivity index (χ2n) is 2.34. The smallest absolute Gasteiger partial charge is 0.338 e. The number of hydrogen-bond donors (Lipinski definition) is 2. The molecule has 64 valence electrons. The van der Waals surface area contributed by atoms with E-state index in [1.54, 1.807) is 0 Å². The van der Waals surface area contributed by atoms with Crippen LogP contribution < -0.4 is 0 Å². The fourth-order valence-electron chi connectivity index (χ4n) is 0.587. The Bertz CT molecular complexity index is 172. The van der Waals surface area contributed by atoms with Crippen LogP contribution in [0.1, 0.15) is 13.3 Å². The van der Waals surface area contributed by atoms with E-state index >= 15 is 0 Å². The number of carbonyl (C=O) groups is 2. The van der Waals surface area contributed by atoms with E-state index in [0.29, 0.717) is 0 Å². The normalized spacial score (nSPS) is 15.2. The highest BCUT2D eigenvalue weighted by molar-refractivity contribution is 5.84. The minimum Gasteiger partial charge on any atom is -0.481 e. The number of methoxy groups -OCH3 is 1. The van der Waals surface area contributed by atoms with Gasteiger partial charge in [-0.15, -0.1) is 0 Å². The largest absolute Gasteiger partial charge is 0.481 e. The Morgan fingerprint density at radius 3 is 2.27 bits per heavy atom. The highest BCUT2D eigenvalue weighted by atomic mass is 16.5. The van der Waals surface area contributed by atoms with E-state index in [1.165, 1.54) is 0 Å². The minimum atomic E-state index is -1.93. The van der Waals surface area contributed by atoms with Crippen LogP contribution >= 0.6 is 0 Å². The number of aliphatic hydroxyl groups is 1. The van der Waals surface area contributed by atoms with Crippen molar-refractivity contribution in [2.45, 2.75) is 18.9 Å². The summed E-state index contributed by atoms with van der Waals surface area (Å²) in [5, 5.41) is 17.3. The van der Waals surface area contributed by atoms with E-state index in [2.05, 4.69) is 4.74 Å². The summed E-state index contributed by atoms with van der Waals surface area (Å²) in [5.74, 6) is -2.19. The van der Waals surface area contributed by atoms with Crippen LogP contribution in [0.25, 0.3) is 0 Å². The molecule has 0 amide bonds. The average Bonchev–Trinajstić information content (AvgIpc) is 1.83. The van der Waals surface area contributed by atoms with E-state index in [-0.39, 0.29) is 0 Å². The molecule has 0 aromatic rings. The third-order valence-electron chi connectivity index (χ3n) is 1.12. The fourth-order valence-corrected chi connectivity index (χ4v) is 0.587. The number of aliphatic carboxylic acids is 1. The van der Waals surface area contributed by atoms with Crippen molar-refractivity contribution in [2.24, 2.45) is 0 Å². The van der Waals surface area contributed by atoms with E-state index in [9.17, 15) is 9.59 Å². The summed E-state index contributed by atoms with van der Waals surface area (Å²) in [6, 6.07) is 0. The molecule has 1 atom stereocenters. The SMILES string of the molecule is COC(=O)[C@](C)(O)CC(=O)O. The summed E-state index contributed by atoms with van der Waals surface area (Å²) in [7, 11) is 1.08. The molecular formula is C6H10O5. The van der Waals surface area contributed by atoms with Crippen molar-refractivity contribution < 1.29 is 24.5 Å². The highest BCUT2D eigenvalue weighted by Gasteiger charge is 2.33. The molecule has 2 N–H and O–H groups in total. The van der Waals surface area contributed by atoms with Gasteiger partial charge in [-0.25, -0.2) is 4.79 Å². The molecule has 0 unspecified atom stereocenters. The Hall–Kier alpha value is -1.10. The topological polar surface area (TPSA) is 83.8 Å². The molecular weight excluding hydrogens is 152 g/mol. The summed E-state index contributed by atoms with van der Waals surface area (Å²) in [6.45, 7) is 1.09. The van der Waals surface area contributed by atoms with Gasteiger partial charge in [-0.2, -0.15) is 0 Å². The van der Waals surface area contributed by atoms with Gasteiger partial charge in [-0.1, -0.05) is 0 Å². The first-order valence-electron chi connectivity index (χ1n) is 2.92. The summed E-state index contributed by atoms with van der Waals surface area (Å²) in [4.78, 5) is 20.7. The van der Waals surface area contributed by atoms with Gasteiger partial charge in [0.2, 0.25) is 0 Å². The third-order valence-corrected chi connectivity index (χ3v) is 1.12. The second kappa shape index (κ2) is 3.34. The van der Waals surface area contributed by atoms with Gasteiger partial charge in [0.25, 0.3) is 0 Å². The molecule has 0 aliphatic carbocycles. The molecule has 0 rings (SSSR count). The number of hydrogen-bond acceptors (Lipinski definition) is 4. The molecule has 0 heterocycles. The zero-order chi connectivity index (χ0) is 9.07. The lowest BCUT2D eigenvalue weighted by Crippen LogP contribution is -2.38. The predicted octanol–water partition coefficient (Wildman–Crippen LogP) is -0.615. The number of esters is 1. The number of carboxylic acid groups (broad SMARTS) is 1. The zero-order valence-corrected chi connectivity index (χ0v) is 6.33. The standard InChI is InChI=1S/C6H10O5/c1-6(10,3-4(7)8)5(9)11-2/h10H,3H2,1-2H3,(H,7,8)/t6-/m1/s1. The molecule has 0 fully saturated rings. The molecule has 0 saturated carbocycles. The van der Waals surface area contributed by atoms with E-state index in [4.69, 9.17) is 10.2 Å². The van der Waals surface area contributed by atoms with Crippen LogP contribution in [0.4, 0.5) is 0 Å². The summed E-state index contributed by atoms with van der Waals surface area (Å²) >= 11 is 0. The lowest BCUT2D eigenvalue weighted by atomic mass is 10.0. The Labute approximate surface area is 63.6 Å². The van der Waals surface area contributed by atoms with Gasteiger partial charge in [0, 0.05) is 0 Å². The Morgan fingerprint density at radius 1 is 1.55 bits per heavy atom. The molecule has 0 spiro atoms. The Morgan fingerprint density at radius 2 is 2.00 bits per heavy atom. The molecule has 0 aromatic carbocycles. The minimum absolute atomic E-state index is 0.653. The van der Waals surface area contributed by atoms with E-state index in [1.807, 2.05) is 0 Å². The van der Waals surface area contributed by atoms with Gasteiger partial charge in [-0.3, -0.25) is 4.79 Å². The molecule has 5 heteroatoms. The van der Waals surface area contributed by atoms with Crippen LogP contribution in [-0.2, 0) is 14.3 Å². The quantitative estimate of drug-likeness (QED) is 0.540. The van der Waals surface area contributed by atoms with Crippen LogP contribution in [0.3, 0.4) is 0 Å². The summed E-state index contributed by atoms with van der Waals surface area (Å²) in [6.07, 6.45) is -0.653. The summed E-state index contributed by atoms with van der Waals surface area (Å²) in [5.41, 5.74) is -1.93.